The number of halogens is 3. The van der Waals surface area contributed by atoms with Gasteiger partial charge in [-0.15, -0.1) is 0 Å². The summed E-state index contributed by atoms with van der Waals surface area (Å²) < 4.78 is 37.9. The summed E-state index contributed by atoms with van der Waals surface area (Å²) in [5.74, 6) is 0.145. The molecule has 17 heavy (non-hydrogen) atoms. The lowest BCUT2D eigenvalue weighted by molar-refractivity contribution is -0.126. The van der Waals surface area contributed by atoms with E-state index >= 15 is 0 Å². The molecule has 0 amide bonds. The molecule has 0 radical (unpaired) electrons. The van der Waals surface area contributed by atoms with Gasteiger partial charge in [0.15, 0.2) is 0 Å². The van der Waals surface area contributed by atoms with E-state index in [2.05, 4.69) is 10.3 Å². The minimum Gasteiger partial charge on any atom is -0.481 e. The maximum Gasteiger partial charge on any atom is 0.401 e. The van der Waals surface area contributed by atoms with Gasteiger partial charge in [0.1, 0.15) is 0 Å². The van der Waals surface area contributed by atoms with Crippen LogP contribution < -0.4 is 5.32 Å². The standard InChI is InChI=1S/C10H14F3N4/c11-10(12,13)6-15-5-9(2-1-3-9)17-4-8(14)16-7-17/h4,7,14-15H,1-3,5-6H2/q-1. The van der Waals surface area contributed by atoms with Crippen LogP contribution in [0.3, 0.4) is 0 Å². The Morgan fingerprint density at radius 3 is 2.59 bits per heavy atom. The smallest absolute Gasteiger partial charge is 0.401 e. The lowest BCUT2D eigenvalue weighted by atomic mass is 9.76. The van der Waals surface area contributed by atoms with Gasteiger partial charge in [-0.25, -0.2) is 0 Å². The molecule has 96 valence electrons. The van der Waals surface area contributed by atoms with Crippen molar-refractivity contribution in [2.24, 2.45) is 0 Å². The van der Waals surface area contributed by atoms with Crippen LogP contribution in [0.5, 0.6) is 0 Å². The lowest BCUT2D eigenvalue weighted by Crippen LogP contribution is -2.49. The Morgan fingerprint density at radius 1 is 1.47 bits per heavy atom. The second kappa shape index (κ2) is 4.21. The molecule has 0 aliphatic heterocycles. The molecule has 0 unspecified atom stereocenters. The first-order chi connectivity index (χ1) is 7.91. The van der Waals surface area contributed by atoms with Crippen LogP contribution in [0.25, 0.3) is 5.73 Å². The molecule has 2 rings (SSSR count). The second-order valence-electron chi connectivity index (χ2n) is 4.46. The number of nitrogens with zero attached hydrogens (tertiary/aromatic N) is 2. The van der Waals surface area contributed by atoms with Gasteiger partial charge in [0.25, 0.3) is 0 Å². The van der Waals surface area contributed by atoms with Crippen LogP contribution in [0.15, 0.2) is 12.5 Å². The van der Waals surface area contributed by atoms with Gasteiger partial charge in [-0.05, 0) is 31.4 Å². The molecule has 0 bridgehead atoms. The summed E-state index contributed by atoms with van der Waals surface area (Å²) in [7, 11) is 0. The molecule has 7 heteroatoms. The van der Waals surface area contributed by atoms with E-state index in [0.29, 0.717) is 0 Å². The fourth-order valence-electron chi connectivity index (χ4n) is 2.13. The van der Waals surface area contributed by atoms with Gasteiger partial charge < -0.3 is 20.6 Å². The van der Waals surface area contributed by atoms with Crippen LogP contribution in [0.4, 0.5) is 19.0 Å². The van der Waals surface area contributed by atoms with Crippen LogP contribution in [0, 0.1) is 0 Å². The van der Waals surface area contributed by atoms with E-state index in [1.165, 1.54) is 6.33 Å². The van der Waals surface area contributed by atoms with Crippen LogP contribution in [0.1, 0.15) is 19.3 Å². The van der Waals surface area contributed by atoms with Gasteiger partial charge in [-0.3, -0.25) is 0 Å². The van der Waals surface area contributed by atoms with E-state index in [1.807, 2.05) is 0 Å². The maximum atomic E-state index is 12.0. The van der Waals surface area contributed by atoms with Gasteiger partial charge in [-0.2, -0.15) is 13.2 Å². The zero-order valence-corrected chi connectivity index (χ0v) is 9.22. The Hall–Kier alpha value is -1.24. The van der Waals surface area contributed by atoms with E-state index in [4.69, 9.17) is 5.73 Å². The van der Waals surface area contributed by atoms with Crippen LogP contribution >= 0.6 is 0 Å². The molecule has 1 saturated carbocycles. The highest BCUT2D eigenvalue weighted by Crippen LogP contribution is 2.39. The first kappa shape index (κ1) is 12.2. The Labute approximate surface area is 97.0 Å². The largest absolute Gasteiger partial charge is 0.481 e. The quantitative estimate of drug-likeness (QED) is 0.889. The van der Waals surface area contributed by atoms with Gasteiger partial charge in [0, 0.05) is 12.7 Å². The first-order valence-corrected chi connectivity index (χ1v) is 5.45. The minimum absolute atomic E-state index is 0.145. The number of nitrogens with one attached hydrogen (secondary N) is 2. The van der Waals surface area contributed by atoms with Gasteiger partial charge in [-0.1, -0.05) is 0 Å². The third-order valence-corrected chi connectivity index (χ3v) is 3.19. The van der Waals surface area contributed by atoms with Crippen molar-refractivity contribution in [3.05, 3.63) is 18.3 Å². The van der Waals surface area contributed by atoms with Crippen LogP contribution in [-0.2, 0) is 5.54 Å². The van der Waals surface area contributed by atoms with Gasteiger partial charge >= 0.3 is 6.18 Å². The average molecular weight is 247 g/mol. The molecule has 1 heterocycles. The highest BCUT2D eigenvalue weighted by Gasteiger charge is 2.38. The van der Waals surface area contributed by atoms with Crippen molar-refractivity contribution in [3.8, 4) is 0 Å². The van der Waals surface area contributed by atoms with E-state index < -0.39 is 12.7 Å². The minimum atomic E-state index is -4.18. The summed E-state index contributed by atoms with van der Waals surface area (Å²) in [5.41, 5.74) is 7.02. The third-order valence-electron chi connectivity index (χ3n) is 3.19. The van der Waals surface area contributed by atoms with E-state index in [1.54, 1.807) is 10.8 Å². The Balaban J connectivity index is 1.96. The number of rotatable bonds is 4. The maximum absolute atomic E-state index is 12.0. The molecule has 1 aromatic rings. The van der Waals surface area contributed by atoms with E-state index in [-0.39, 0.29) is 17.9 Å². The lowest BCUT2D eigenvalue weighted by Gasteiger charge is -2.44. The van der Waals surface area contributed by atoms with Crippen LogP contribution in [-0.4, -0.2) is 28.8 Å². The zero-order chi connectivity index (χ0) is 12.5. The molecular weight excluding hydrogens is 233 g/mol. The summed E-state index contributed by atoms with van der Waals surface area (Å²) in [5, 5.41) is 2.44. The summed E-state index contributed by atoms with van der Waals surface area (Å²) in [4.78, 5) is 3.80. The predicted octanol–water partition coefficient (Wildman–Crippen LogP) is 2.60. The fourth-order valence-corrected chi connectivity index (χ4v) is 2.13. The monoisotopic (exact) mass is 247 g/mol. The molecule has 1 fully saturated rings. The summed E-state index contributed by atoms with van der Waals surface area (Å²) >= 11 is 0. The van der Waals surface area contributed by atoms with Crippen LogP contribution in [0.2, 0.25) is 0 Å². The fraction of sp³-hybridized carbons (Fsp3) is 0.700. The summed E-state index contributed by atoms with van der Waals surface area (Å²) in [6.07, 6.45) is 1.56. The number of alkyl halides is 3. The molecule has 0 aromatic carbocycles. The van der Waals surface area contributed by atoms with Crippen molar-refractivity contribution in [2.45, 2.75) is 31.0 Å². The molecule has 0 spiro atoms. The number of imidazole rings is 1. The first-order valence-electron chi connectivity index (χ1n) is 5.45. The van der Waals surface area contributed by atoms with Crippen molar-refractivity contribution in [1.29, 1.82) is 0 Å². The van der Waals surface area contributed by atoms with E-state index in [9.17, 15) is 13.2 Å². The van der Waals surface area contributed by atoms with Gasteiger partial charge in [0.05, 0.1) is 12.1 Å². The highest BCUT2D eigenvalue weighted by molar-refractivity contribution is 5.30. The number of hydrogen-bond donors (Lipinski definition) is 1. The predicted molar refractivity (Wildman–Crippen MR) is 57.0 cm³/mol. The highest BCUT2D eigenvalue weighted by atomic mass is 19.4. The molecule has 0 atom stereocenters. The Kier molecular flexibility index (Phi) is 3.03. The van der Waals surface area contributed by atoms with Crippen molar-refractivity contribution in [2.75, 3.05) is 13.1 Å². The Morgan fingerprint density at radius 2 is 2.18 bits per heavy atom. The summed E-state index contributed by atoms with van der Waals surface area (Å²) in [6.45, 7) is -0.709. The topological polar surface area (TPSA) is 53.6 Å². The number of aromatic nitrogens is 2. The molecular formula is C10H14F3N4-. The molecule has 1 aliphatic rings. The molecule has 1 aromatic heterocycles. The van der Waals surface area contributed by atoms with Crippen molar-refractivity contribution in [1.82, 2.24) is 14.9 Å². The SMILES string of the molecule is [NH-]c1cn(C2(CNCC(F)(F)F)CCC2)cn1. The zero-order valence-electron chi connectivity index (χ0n) is 9.22. The van der Waals surface area contributed by atoms with Crippen molar-refractivity contribution in [3.63, 3.8) is 0 Å². The number of hydrogen-bond acceptors (Lipinski definition) is 2. The second-order valence-corrected chi connectivity index (χ2v) is 4.46. The molecule has 0 saturated heterocycles. The molecule has 1 aliphatic carbocycles. The van der Waals surface area contributed by atoms with Crippen molar-refractivity contribution >= 4 is 5.82 Å². The van der Waals surface area contributed by atoms with Gasteiger partial charge in [0.2, 0.25) is 0 Å². The van der Waals surface area contributed by atoms with E-state index in [0.717, 1.165) is 19.3 Å². The average Bonchev–Trinajstić information content (AvgIpc) is 2.55. The third kappa shape index (κ3) is 2.71. The normalized spacial score (nSPS) is 19.0. The molecule has 2 N–H and O–H groups in total. The summed E-state index contributed by atoms with van der Waals surface area (Å²) in [6, 6.07) is 0. The van der Waals surface area contributed by atoms with Crippen molar-refractivity contribution < 1.29 is 13.2 Å². The Bertz CT molecular complexity index is 381. The molecule has 4 nitrogen and oxygen atoms in total.